The number of morpholine rings is 1. The quantitative estimate of drug-likeness (QED) is 0.938. The number of ether oxygens (including phenoxy) is 3. The molecule has 2 aromatic carbocycles. The van der Waals surface area contributed by atoms with Gasteiger partial charge in [0.1, 0.15) is 6.10 Å². The van der Waals surface area contributed by atoms with Gasteiger partial charge in [0, 0.05) is 25.9 Å². The lowest BCUT2D eigenvalue weighted by Crippen LogP contribution is -2.33. The molecule has 0 saturated carbocycles. The zero-order valence-corrected chi connectivity index (χ0v) is 14.0. The molecule has 0 aromatic heterocycles. The van der Waals surface area contributed by atoms with Crippen LogP contribution in [0.4, 0.5) is 0 Å². The average Bonchev–Trinajstić information content (AvgIpc) is 3.04. The van der Waals surface area contributed by atoms with Gasteiger partial charge in [-0.1, -0.05) is 30.3 Å². The van der Waals surface area contributed by atoms with Crippen LogP contribution >= 0.6 is 0 Å². The third-order valence-electron chi connectivity index (χ3n) is 4.79. The molecule has 4 heteroatoms. The Bertz CT molecular complexity index is 685. The summed E-state index contributed by atoms with van der Waals surface area (Å²) in [5, 5.41) is 3.37. The van der Waals surface area contributed by atoms with E-state index in [1.54, 1.807) is 7.11 Å². The van der Waals surface area contributed by atoms with Gasteiger partial charge in [0.05, 0.1) is 19.8 Å². The van der Waals surface area contributed by atoms with Crippen LogP contribution in [0.5, 0.6) is 11.5 Å². The van der Waals surface area contributed by atoms with E-state index in [0.29, 0.717) is 0 Å². The fourth-order valence-electron chi connectivity index (χ4n) is 3.55. The Balaban J connectivity index is 1.53. The molecular weight excluding hydrogens is 302 g/mol. The van der Waals surface area contributed by atoms with Crippen molar-refractivity contribution in [2.24, 2.45) is 0 Å². The third-order valence-corrected chi connectivity index (χ3v) is 4.79. The van der Waals surface area contributed by atoms with Gasteiger partial charge in [0.15, 0.2) is 11.5 Å². The van der Waals surface area contributed by atoms with E-state index in [9.17, 15) is 0 Å². The number of benzene rings is 2. The maximum Gasteiger partial charge on any atom is 0.161 e. The van der Waals surface area contributed by atoms with Crippen LogP contribution in [0.3, 0.4) is 0 Å². The Kier molecular flexibility index (Phi) is 4.41. The van der Waals surface area contributed by atoms with E-state index in [-0.39, 0.29) is 12.2 Å². The number of nitrogens with one attached hydrogen (secondary N) is 1. The van der Waals surface area contributed by atoms with Crippen molar-refractivity contribution in [3.05, 3.63) is 59.2 Å². The smallest absolute Gasteiger partial charge is 0.161 e. The molecule has 1 heterocycles. The van der Waals surface area contributed by atoms with Crippen LogP contribution in [0, 0.1) is 0 Å². The Hall–Kier alpha value is -2.04. The first-order chi connectivity index (χ1) is 11.8. The molecule has 1 aliphatic carbocycles. The van der Waals surface area contributed by atoms with E-state index >= 15 is 0 Å². The van der Waals surface area contributed by atoms with Crippen molar-refractivity contribution in [3.63, 3.8) is 0 Å². The Morgan fingerprint density at radius 2 is 1.83 bits per heavy atom. The third kappa shape index (κ3) is 3.12. The second-order valence-corrected chi connectivity index (χ2v) is 6.39. The first-order valence-electron chi connectivity index (χ1n) is 8.57. The predicted molar refractivity (Wildman–Crippen MR) is 92.8 cm³/mol. The van der Waals surface area contributed by atoms with Crippen LogP contribution in [0.1, 0.15) is 22.8 Å². The molecule has 0 amide bonds. The summed E-state index contributed by atoms with van der Waals surface area (Å²) in [4.78, 5) is 0. The highest BCUT2D eigenvalue weighted by Crippen LogP contribution is 2.34. The first kappa shape index (κ1) is 15.5. The molecule has 0 bridgehead atoms. The zero-order chi connectivity index (χ0) is 16.4. The van der Waals surface area contributed by atoms with Gasteiger partial charge in [0.25, 0.3) is 0 Å². The van der Waals surface area contributed by atoms with Gasteiger partial charge in [-0.3, -0.25) is 0 Å². The number of rotatable bonds is 4. The van der Waals surface area contributed by atoms with Crippen LogP contribution < -0.4 is 14.8 Å². The van der Waals surface area contributed by atoms with E-state index in [0.717, 1.165) is 49.6 Å². The fourth-order valence-corrected chi connectivity index (χ4v) is 3.55. The van der Waals surface area contributed by atoms with Gasteiger partial charge in [0.2, 0.25) is 0 Å². The molecule has 4 rings (SSSR count). The van der Waals surface area contributed by atoms with Crippen molar-refractivity contribution in [1.82, 2.24) is 5.32 Å². The summed E-state index contributed by atoms with van der Waals surface area (Å²) in [6, 6.07) is 14.7. The maximum absolute atomic E-state index is 6.31. The highest BCUT2D eigenvalue weighted by Gasteiger charge is 2.24. The molecule has 1 unspecified atom stereocenters. The molecular formula is C20H23NO3. The summed E-state index contributed by atoms with van der Waals surface area (Å²) >= 11 is 0. The predicted octanol–water partition coefficient (Wildman–Crippen LogP) is 2.90. The average molecular weight is 325 g/mol. The van der Waals surface area contributed by atoms with E-state index in [1.807, 2.05) is 6.07 Å². The Morgan fingerprint density at radius 3 is 2.50 bits per heavy atom. The maximum atomic E-state index is 6.31. The summed E-state index contributed by atoms with van der Waals surface area (Å²) in [7, 11) is 1.68. The summed E-state index contributed by atoms with van der Waals surface area (Å²) in [5.41, 5.74) is 3.91. The fraction of sp³-hybridized carbons (Fsp3) is 0.400. The lowest BCUT2D eigenvalue weighted by atomic mass is 10.1. The van der Waals surface area contributed by atoms with Crippen molar-refractivity contribution in [1.29, 1.82) is 0 Å². The van der Waals surface area contributed by atoms with E-state index in [2.05, 4.69) is 41.7 Å². The van der Waals surface area contributed by atoms with Crippen LogP contribution in [0.25, 0.3) is 0 Å². The van der Waals surface area contributed by atoms with Crippen molar-refractivity contribution in [2.75, 3.05) is 26.8 Å². The van der Waals surface area contributed by atoms with E-state index < -0.39 is 0 Å². The number of fused-ring (bicyclic) bond motifs is 1. The summed E-state index contributed by atoms with van der Waals surface area (Å²) < 4.78 is 17.7. The number of hydrogen-bond donors (Lipinski definition) is 1. The number of methoxy groups -OCH3 is 1. The SMILES string of the molecule is COc1ccc(C2CNCCO2)cc1OC1Cc2ccccc2C1. The molecule has 24 heavy (non-hydrogen) atoms. The molecule has 1 N–H and O–H groups in total. The van der Waals surface area contributed by atoms with Gasteiger partial charge in [-0.15, -0.1) is 0 Å². The zero-order valence-electron chi connectivity index (χ0n) is 14.0. The Morgan fingerprint density at radius 1 is 1.04 bits per heavy atom. The van der Waals surface area contributed by atoms with E-state index in [1.165, 1.54) is 11.1 Å². The monoisotopic (exact) mass is 325 g/mol. The molecule has 1 fully saturated rings. The molecule has 1 aliphatic heterocycles. The Labute approximate surface area is 142 Å². The minimum atomic E-state index is 0.0766. The van der Waals surface area contributed by atoms with Gasteiger partial charge in [-0.25, -0.2) is 0 Å². The second-order valence-electron chi connectivity index (χ2n) is 6.39. The number of hydrogen-bond acceptors (Lipinski definition) is 4. The van der Waals surface area contributed by atoms with Crippen LogP contribution in [0.15, 0.2) is 42.5 Å². The molecule has 2 aliphatic rings. The summed E-state index contributed by atoms with van der Waals surface area (Å²) in [6.07, 6.45) is 2.14. The van der Waals surface area contributed by atoms with Crippen molar-refractivity contribution < 1.29 is 14.2 Å². The highest BCUT2D eigenvalue weighted by atomic mass is 16.5. The highest BCUT2D eigenvalue weighted by molar-refractivity contribution is 5.44. The second kappa shape index (κ2) is 6.83. The summed E-state index contributed by atoms with van der Waals surface area (Å²) in [5.74, 6) is 1.58. The molecule has 1 atom stereocenters. The normalized spacial score (nSPS) is 20.6. The molecule has 2 aromatic rings. The lowest BCUT2D eigenvalue weighted by Gasteiger charge is -2.25. The van der Waals surface area contributed by atoms with E-state index in [4.69, 9.17) is 14.2 Å². The molecule has 0 radical (unpaired) electrons. The van der Waals surface area contributed by atoms with Crippen molar-refractivity contribution in [3.8, 4) is 11.5 Å². The van der Waals surface area contributed by atoms with Crippen molar-refractivity contribution in [2.45, 2.75) is 25.0 Å². The van der Waals surface area contributed by atoms with Crippen LogP contribution in [0.2, 0.25) is 0 Å². The minimum absolute atomic E-state index is 0.0766. The van der Waals surface area contributed by atoms with Gasteiger partial charge in [-0.05, 0) is 28.8 Å². The minimum Gasteiger partial charge on any atom is -0.493 e. The summed E-state index contributed by atoms with van der Waals surface area (Å²) in [6.45, 7) is 2.49. The van der Waals surface area contributed by atoms with Gasteiger partial charge in [-0.2, -0.15) is 0 Å². The molecule has 126 valence electrons. The van der Waals surface area contributed by atoms with Gasteiger partial charge < -0.3 is 19.5 Å². The largest absolute Gasteiger partial charge is 0.493 e. The van der Waals surface area contributed by atoms with Crippen LogP contribution in [-0.2, 0) is 17.6 Å². The molecule has 4 nitrogen and oxygen atoms in total. The molecule has 0 spiro atoms. The van der Waals surface area contributed by atoms with Crippen LogP contribution in [-0.4, -0.2) is 32.9 Å². The van der Waals surface area contributed by atoms with Gasteiger partial charge >= 0.3 is 0 Å². The standard InChI is InChI=1S/C20H23NO3/c1-22-18-7-6-16(20-13-21-8-9-23-20)12-19(18)24-17-10-14-4-2-3-5-15(14)11-17/h2-7,12,17,20-21H,8-11,13H2,1H3. The lowest BCUT2D eigenvalue weighted by molar-refractivity contribution is 0.0274. The first-order valence-corrected chi connectivity index (χ1v) is 8.57. The molecule has 1 saturated heterocycles. The topological polar surface area (TPSA) is 39.7 Å². The van der Waals surface area contributed by atoms with Crippen molar-refractivity contribution >= 4 is 0 Å².